The molecule has 2 atom stereocenters. The van der Waals surface area contributed by atoms with Gasteiger partial charge in [-0.05, 0) is 12.8 Å². The number of fused-ring (bicyclic) bond motifs is 2. The Morgan fingerprint density at radius 2 is 2.23 bits per heavy atom. The van der Waals surface area contributed by atoms with Crippen molar-refractivity contribution in [3.63, 3.8) is 0 Å². The first kappa shape index (κ1) is 14.7. The number of nitrogens with one attached hydrogen (secondary N) is 1. The van der Waals surface area contributed by atoms with E-state index in [2.05, 4.69) is 19.7 Å². The Bertz CT molecular complexity index is 703. The standard InChI is InChI=1S/C9H11N5O7S/c15-4-10-8-11-7(12-20-8)6-2-1-5-3-13(6)9(16)14(5)21-22(17,18)19/h4-6H,1-3H2,(H,17,18,19)(H,10,11,12,15)/t5-,6?/m1/s1. The van der Waals surface area contributed by atoms with E-state index in [1.165, 1.54) is 4.90 Å². The molecular weight excluding hydrogens is 322 g/mol. The Labute approximate surface area is 123 Å². The van der Waals surface area contributed by atoms with Gasteiger partial charge >= 0.3 is 22.4 Å². The van der Waals surface area contributed by atoms with Gasteiger partial charge in [0.05, 0.1) is 12.1 Å². The van der Waals surface area contributed by atoms with E-state index in [0.29, 0.717) is 24.3 Å². The number of carbonyl (C=O) groups excluding carboxylic acids is 2. The number of piperidine rings is 1. The van der Waals surface area contributed by atoms with Crippen molar-refractivity contribution < 1.29 is 31.4 Å². The van der Waals surface area contributed by atoms with E-state index in [0.717, 1.165) is 0 Å². The maximum atomic E-state index is 12.2. The highest BCUT2D eigenvalue weighted by Gasteiger charge is 2.48. The van der Waals surface area contributed by atoms with Crippen molar-refractivity contribution in [3.8, 4) is 0 Å². The average Bonchev–Trinajstić information content (AvgIpc) is 2.99. The molecule has 0 saturated carbocycles. The molecule has 2 fully saturated rings. The summed E-state index contributed by atoms with van der Waals surface area (Å²) in [5, 5.41) is 6.50. The molecule has 12 nitrogen and oxygen atoms in total. The number of hydrogen-bond donors (Lipinski definition) is 2. The second kappa shape index (κ2) is 5.19. The Kier molecular flexibility index (Phi) is 3.46. The number of aromatic nitrogens is 2. The van der Waals surface area contributed by atoms with Crippen LogP contribution in [0.15, 0.2) is 4.52 Å². The molecule has 1 unspecified atom stereocenters. The third-order valence-corrected chi connectivity index (χ3v) is 3.77. The van der Waals surface area contributed by atoms with Gasteiger partial charge in [-0.3, -0.25) is 14.7 Å². The van der Waals surface area contributed by atoms with Crippen LogP contribution in [0.4, 0.5) is 10.8 Å². The molecule has 2 saturated heterocycles. The maximum Gasteiger partial charge on any atom is 0.418 e. The normalized spacial score (nSPS) is 24.7. The lowest BCUT2D eigenvalue weighted by Gasteiger charge is -2.27. The zero-order chi connectivity index (χ0) is 15.9. The van der Waals surface area contributed by atoms with E-state index < -0.39 is 28.5 Å². The van der Waals surface area contributed by atoms with Crippen LogP contribution >= 0.6 is 0 Å². The van der Waals surface area contributed by atoms with Gasteiger partial charge in [0.15, 0.2) is 5.82 Å². The quantitative estimate of drug-likeness (QED) is 0.526. The van der Waals surface area contributed by atoms with Crippen LogP contribution in [-0.2, 0) is 19.5 Å². The van der Waals surface area contributed by atoms with Gasteiger partial charge in [-0.25, -0.2) is 4.79 Å². The highest BCUT2D eigenvalue weighted by atomic mass is 32.3. The summed E-state index contributed by atoms with van der Waals surface area (Å²) < 4.78 is 39.4. The summed E-state index contributed by atoms with van der Waals surface area (Å²) in [7, 11) is -4.78. The van der Waals surface area contributed by atoms with Crippen molar-refractivity contribution in [1.29, 1.82) is 0 Å². The molecule has 2 bridgehead atoms. The second-order valence-corrected chi connectivity index (χ2v) is 5.73. The smallest absolute Gasteiger partial charge is 0.315 e. The van der Waals surface area contributed by atoms with Gasteiger partial charge < -0.3 is 9.42 Å². The summed E-state index contributed by atoms with van der Waals surface area (Å²) in [5.41, 5.74) is 0. The van der Waals surface area contributed by atoms with Gasteiger partial charge in [-0.15, -0.1) is 4.28 Å². The van der Waals surface area contributed by atoms with Gasteiger partial charge in [0.1, 0.15) is 0 Å². The summed E-state index contributed by atoms with van der Waals surface area (Å²) >= 11 is 0. The lowest BCUT2D eigenvalue weighted by molar-refractivity contribution is -0.105. The van der Waals surface area contributed by atoms with Gasteiger partial charge in [0.2, 0.25) is 6.41 Å². The van der Waals surface area contributed by atoms with Gasteiger partial charge in [0, 0.05) is 6.54 Å². The summed E-state index contributed by atoms with van der Waals surface area (Å²) in [6, 6.07) is -1.86. The first-order valence-corrected chi connectivity index (χ1v) is 7.56. The van der Waals surface area contributed by atoms with Crippen molar-refractivity contribution >= 4 is 28.9 Å². The predicted octanol–water partition coefficient (Wildman–Crippen LogP) is -0.687. The van der Waals surface area contributed by atoms with Crippen molar-refractivity contribution in [2.45, 2.75) is 24.9 Å². The van der Waals surface area contributed by atoms with Crippen LogP contribution in [0.5, 0.6) is 0 Å². The van der Waals surface area contributed by atoms with Crippen LogP contribution in [-0.4, -0.2) is 58.1 Å². The van der Waals surface area contributed by atoms with Gasteiger partial charge in [-0.1, -0.05) is 5.16 Å². The molecule has 3 rings (SSSR count). The first-order chi connectivity index (χ1) is 10.4. The van der Waals surface area contributed by atoms with Crippen LogP contribution in [0.25, 0.3) is 0 Å². The van der Waals surface area contributed by atoms with Crippen LogP contribution in [0, 0.1) is 0 Å². The van der Waals surface area contributed by atoms with E-state index in [9.17, 15) is 18.0 Å². The van der Waals surface area contributed by atoms with E-state index in [4.69, 9.17) is 9.08 Å². The largest absolute Gasteiger partial charge is 0.418 e. The minimum absolute atomic E-state index is 0.107. The van der Waals surface area contributed by atoms with Crippen molar-refractivity contribution in [2.75, 3.05) is 11.9 Å². The summed E-state index contributed by atoms with van der Waals surface area (Å²) in [4.78, 5) is 27.7. The second-order valence-electron chi connectivity index (χ2n) is 4.73. The number of urea groups is 1. The van der Waals surface area contributed by atoms with E-state index in [-0.39, 0.29) is 18.4 Å². The highest BCUT2D eigenvalue weighted by Crippen LogP contribution is 2.37. The number of nitrogens with zero attached hydrogens (tertiary/aromatic N) is 4. The molecule has 0 aliphatic carbocycles. The molecule has 0 aromatic carbocycles. The average molecular weight is 333 g/mol. The molecule has 13 heteroatoms. The number of anilines is 1. The molecule has 2 aliphatic rings. The fraction of sp³-hybridized carbons (Fsp3) is 0.556. The third-order valence-electron chi connectivity index (χ3n) is 3.42. The Morgan fingerprint density at radius 1 is 1.45 bits per heavy atom. The summed E-state index contributed by atoms with van der Waals surface area (Å²) in [6.07, 6.45) is 1.24. The molecule has 1 aromatic rings. The minimum atomic E-state index is -4.78. The van der Waals surface area contributed by atoms with Crippen LogP contribution < -0.4 is 5.32 Å². The Balaban J connectivity index is 1.80. The molecule has 120 valence electrons. The van der Waals surface area contributed by atoms with Crippen molar-refractivity contribution in [1.82, 2.24) is 20.1 Å². The molecule has 0 spiro atoms. The number of amides is 3. The lowest BCUT2D eigenvalue weighted by Crippen LogP contribution is -2.35. The minimum Gasteiger partial charge on any atom is -0.315 e. The van der Waals surface area contributed by atoms with Gasteiger partial charge in [0.25, 0.3) is 0 Å². The van der Waals surface area contributed by atoms with E-state index in [1.807, 2.05) is 0 Å². The monoisotopic (exact) mass is 333 g/mol. The molecular formula is C9H11N5O7S. The Hall–Kier alpha value is -2.25. The first-order valence-electron chi connectivity index (χ1n) is 6.19. The molecule has 2 N–H and O–H groups in total. The molecule has 22 heavy (non-hydrogen) atoms. The Morgan fingerprint density at radius 3 is 2.91 bits per heavy atom. The van der Waals surface area contributed by atoms with Crippen molar-refractivity contribution in [2.24, 2.45) is 0 Å². The van der Waals surface area contributed by atoms with Crippen LogP contribution in [0.3, 0.4) is 0 Å². The molecule has 3 heterocycles. The van der Waals surface area contributed by atoms with Crippen LogP contribution in [0.1, 0.15) is 24.7 Å². The fourth-order valence-electron chi connectivity index (χ4n) is 2.58. The van der Waals surface area contributed by atoms with Crippen molar-refractivity contribution in [3.05, 3.63) is 5.82 Å². The number of hydrogen-bond acceptors (Lipinski definition) is 8. The van der Waals surface area contributed by atoms with Gasteiger partial charge in [-0.2, -0.15) is 18.5 Å². The van der Waals surface area contributed by atoms with E-state index >= 15 is 0 Å². The number of carbonyl (C=O) groups is 2. The predicted molar refractivity (Wildman–Crippen MR) is 66.3 cm³/mol. The fourth-order valence-corrected chi connectivity index (χ4v) is 2.97. The maximum absolute atomic E-state index is 12.2. The summed E-state index contributed by atoms with van der Waals surface area (Å²) in [6.45, 7) is 0.198. The molecule has 0 radical (unpaired) electrons. The number of hydroxylamine groups is 2. The van der Waals surface area contributed by atoms with E-state index in [1.54, 1.807) is 0 Å². The zero-order valence-corrected chi connectivity index (χ0v) is 11.8. The highest BCUT2D eigenvalue weighted by molar-refractivity contribution is 7.80. The number of rotatable bonds is 5. The molecule has 1 aromatic heterocycles. The summed E-state index contributed by atoms with van der Waals surface area (Å²) in [5.74, 6) is 0.185. The van der Waals surface area contributed by atoms with Crippen LogP contribution in [0.2, 0.25) is 0 Å². The third kappa shape index (κ3) is 2.60. The zero-order valence-electron chi connectivity index (χ0n) is 10.9. The lowest BCUT2D eigenvalue weighted by atomic mass is 10.0. The molecule has 2 aliphatic heterocycles. The SMILES string of the molecule is O=CNc1nc(C2CC[C@@H]3CN2C(=O)N3OS(=O)(=O)O)no1. The molecule has 3 amide bonds. The topological polar surface area (TPSA) is 155 Å².